The molecule has 0 radical (unpaired) electrons. The van der Waals surface area contributed by atoms with Gasteiger partial charge < -0.3 is 11.5 Å². The number of aryl methyl sites for hydroxylation is 2. The summed E-state index contributed by atoms with van der Waals surface area (Å²) in [5, 5.41) is 0.586. The Morgan fingerprint density at radius 2 is 1.96 bits per heavy atom. The van der Waals surface area contributed by atoms with E-state index >= 15 is 0 Å². The number of pyridine rings is 2. The molecule has 0 aliphatic rings. The van der Waals surface area contributed by atoms with Gasteiger partial charge in [0.1, 0.15) is 5.69 Å². The lowest BCUT2D eigenvalue weighted by atomic mass is 9.93. The number of rotatable bonds is 5. The van der Waals surface area contributed by atoms with Crippen LogP contribution >= 0.6 is 0 Å². The van der Waals surface area contributed by atoms with Gasteiger partial charge in [-0.15, -0.1) is 0 Å². The van der Waals surface area contributed by atoms with Crippen molar-refractivity contribution < 1.29 is 13.6 Å². The van der Waals surface area contributed by atoms with Gasteiger partial charge in [0.15, 0.2) is 0 Å². The molecule has 0 saturated heterocycles. The lowest BCUT2D eigenvalue weighted by Crippen LogP contribution is -2.20. The van der Waals surface area contributed by atoms with E-state index in [1.807, 2.05) is 6.92 Å². The lowest BCUT2D eigenvalue weighted by molar-refractivity contribution is -0.112. The van der Waals surface area contributed by atoms with Crippen molar-refractivity contribution in [3.63, 3.8) is 0 Å². The van der Waals surface area contributed by atoms with Crippen molar-refractivity contribution in [3.8, 4) is 0 Å². The number of fused-ring (bicyclic) bond motifs is 1. The van der Waals surface area contributed by atoms with Crippen LogP contribution in [0.2, 0.25) is 0 Å². The van der Waals surface area contributed by atoms with Crippen LogP contribution in [0.4, 0.5) is 8.78 Å². The Morgan fingerprint density at radius 3 is 2.50 bits per heavy atom. The quantitative estimate of drug-likeness (QED) is 0.821. The first kappa shape index (κ1) is 17.8. The van der Waals surface area contributed by atoms with Gasteiger partial charge in [0.2, 0.25) is 0 Å². The number of carbonyl (C=O) groups excluding carboxylic acids is 1. The van der Waals surface area contributed by atoms with Crippen LogP contribution in [0, 0.1) is 13.8 Å². The maximum absolute atomic E-state index is 13.6. The van der Waals surface area contributed by atoms with Gasteiger partial charge in [-0.3, -0.25) is 9.78 Å². The molecule has 2 aromatic heterocycles. The van der Waals surface area contributed by atoms with Crippen LogP contribution in [0.1, 0.15) is 48.7 Å². The monoisotopic (exact) mass is 334 g/mol. The van der Waals surface area contributed by atoms with E-state index < -0.39 is 18.0 Å². The Hall–Kier alpha value is -2.57. The fraction of sp³-hybridized carbons (Fsp3) is 0.353. The summed E-state index contributed by atoms with van der Waals surface area (Å²) in [6, 6.07) is 1.63. The minimum Gasteiger partial charge on any atom is -0.401 e. The van der Waals surface area contributed by atoms with Gasteiger partial charge in [-0.1, -0.05) is 13.3 Å². The van der Waals surface area contributed by atoms with Gasteiger partial charge in [-0.2, -0.15) is 0 Å². The molecule has 0 unspecified atom stereocenters. The average molecular weight is 334 g/mol. The Kier molecular flexibility index (Phi) is 5.11. The number of hydrogen-bond donors (Lipinski definition) is 2. The number of nitrogens with two attached hydrogens (primary N) is 2. The highest BCUT2D eigenvalue weighted by Gasteiger charge is 2.26. The van der Waals surface area contributed by atoms with Crippen LogP contribution in [0.15, 0.2) is 18.0 Å². The molecule has 0 atom stereocenters. The molecule has 2 aromatic rings. The molecule has 5 nitrogen and oxygen atoms in total. The molecule has 0 spiro atoms. The molecule has 0 fully saturated rings. The molecule has 0 saturated carbocycles. The summed E-state index contributed by atoms with van der Waals surface area (Å²) >= 11 is 0. The molecule has 0 aromatic carbocycles. The summed E-state index contributed by atoms with van der Waals surface area (Å²) in [7, 11) is 0. The minimum absolute atomic E-state index is 0.0154. The molecule has 4 N–H and O–H groups in total. The summed E-state index contributed by atoms with van der Waals surface area (Å²) in [5.41, 5.74) is 12.6. The number of primary amides is 1. The van der Waals surface area contributed by atoms with Gasteiger partial charge >= 0.3 is 0 Å². The van der Waals surface area contributed by atoms with Crippen LogP contribution < -0.4 is 11.5 Å². The highest BCUT2D eigenvalue weighted by molar-refractivity contribution is 6.21. The van der Waals surface area contributed by atoms with E-state index in [4.69, 9.17) is 11.5 Å². The number of halogens is 2. The number of amides is 1. The summed E-state index contributed by atoms with van der Waals surface area (Å²) in [6.45, 7) is 5.27. The van der Waals surface area contributed by atoms with E-state index in [0.29, 0.717) is 35.0 Å². The number of alkyl halides is 2. The molecule has 0 bridgehead atoms. The molecular formula is C17H20F2N4O. The third-order valence-corrected chi connectivity index (χ3v) is 3.84. The van der Waals surface area contributed by atoms with Crippen molar-refractivity contribution >= 4 is 22.4 Å². The van der Waals surface area contributed by atoms with E-state index in [0.717, 1.165) is 0 Å². The second-order valence-electron chi connectivity index (χ2n) is 5.66. The Morgan fingerprint density at radius 1 is 1.29 bits per heavy atom. The smallest absolute Gasteiger partial charge is 0.281 e. The molecule has 2 heterocycles. The summed E-state index contributed by atoms with van der Waals surface area (Å²) in [5.74, 6) is -0.841. The molecule has 1 amide bonds. The minimum atomic E-state index is -2.86. The second kappa shape index (κ2) is 6.90. The van der Waals surface area contributed by atoms with Crippen LogP contribution in [-0.2, 0) is 4.79 Å². The average Bonchev–Trinajstić information content (AvgIpc) is 2.49. The molecule has 128 valence electrons. The first-order valence-electron chi connectivity index (χ1n) is 7.61. The van der Waals surface area contributed by atoms with Gasteiger partial charge in [-0.05, 0) is 31.9 Å². The zero-order valence-corrected chi connectivity index (χ0v) is 13.9. The maximum Gasteiger partial charge on any atom is 0.281 e. The van der Waals surface area contributed by atoms with Crippen LogP contribution in [0.3, 0.4) is 0 Å². The van der Waals surface area contributed by atoms with Crippen LogP contribution in [0.25, 0.3) is 16.5 Å². The van der Waals surface area contributed by atoms with Crippen molar-refractivity contribution in [2.45, 2.75) is 40.0 Å². The fourth-order valence-corrected chi connectivity index (χ4v) is 2.75. The highest BCUT2D eigenvalue weighted by Crippen LogP contribution is 2.34. The van der Waals surface area contributed by atoms with Crippen molar-refractivity contribution in [2.24, 2.45) is 11.5 Å². The Labute approximate surface area is 138 Å². The highest BCUT2D eigenvalue weighted by atomic mass is 19.3. The van der Waals surface area contributed by atoms with Crippen molar-refractivity contribution in [2.75, 3.05) is 0 Å². The van der Waals surface area contributed by atoms with Gasteiger partial charge in [0.05, 0.1) is 11.1 Å². The van der Waals surface area contributed by atoms with Gasteiger partial charge in [-0.25, -0.2) is 13.8 Å². The largest absolute Gasteiger partial charge is 0.401 e. The van der Waals surface area contributed by atoms with Crippen molar-refractivity contribution in [3.05, 3.63) is 40.5 Å². The zero-order valence-electron chi connectivity index (χ0n) is 13.9. The Bertz CT molecular complexity index is 831. The van der Waals surface area contributed by atoms with Crippen molar-refractivity contribution in [1.29, 1.82) is 0 Å². The topological polar surface area (TPSA) is 94.9 Å². The lowest BCUT2D eigenvalue weighted by Gasteiger charge is -2.17. The molecule has 0 aliphatic heterocycles. The Balaban J connectivity index is 2.92. The van der Waals surface area contributed by atoms with Crippen molar-refractivity contribution in [1.82, 2.24) is 9.97 Å². The second-order valence-corrected chi connectivity index (χ2v) is 5.66. The summed E-state index contributed by atoms with van der Waals surface area (Å²) in [6.07, 6.45) is -0.265. The van der Waals surface area contributed by atoms with E-state index in [-0.39, 0.29) is 16.8 Å². The summed E-state index contributed by atoms with van der Waals surface area (Å²) in [4.78, 5) is 20.2. The number of aromatic nitrogens is 2. The SMILES string of the molecule is CCC/C(N)=C(/C(N)=O)c1c(C(F)F)nc2cc(C)ncc2c1C. The van der Waals surface area contributed by atoms with E-state index in [2.05, 4.69) is 9.97 Å². The van der Waals surface area contributed by atoms with Crippen LogP contribution in [0.5, 0.6) is 0 Å². The first-order valence-corrected chi connectivity index (χ1v) is 7.61. The van der Waals surface area contributed by atoms with E-state index in [1.54, 1.807) is 26.1 Å². The zero-order chi connectivity index (χ0) is 18.0. The molecule has 24 heavy (non-hydrogen) atoms. The van der Waals surface area contributed by atoms with E-state index in [9.17, 15) is 13.6 Å². The third kappa shape index (κ3) is 3.20. The summed E-state index contributed by atoms with van der Waals surface area (Å²) < 4.78 is 27.2. The number of carbonyl (C=O) groups is 1. The van der Waals surface area contributed by atoms with Gasteiger partial charge in [0, 0.05) is 28.5 Å². The number of allylic oxidation sites excluding steroid dienone is 1. The molecule has 0 aliphatic carbocycles. The normalized spacial score (nSPS) is 12.6. The number of nitrogens with zero attached hydrogens (tertiary/aromatic N) is 2. The van der Waals surface area contributed by atoms with Crippen LogP contribution in [-0.4, -0.2) is 15.9 Å². The predicted octanol–water partition coefficient (Wildman–Crippen LogP) is 3.14. The van der Waals surface area contributed by atoms with Gasteiger partial charge in [0.25, 0.3) is 12.3 Å². The first-order chi connectivity index (χ1) is 11.3. The standard InChI is InChI=1S/C17H20F2N4O/c1-4-5-11(20)14(17(21)24)13-9(3)10-7-22-8(2)6-12(10)23-15(13)16(18)19/h6-7,16H,4-5,20H2,1-3H3,(H2,21,24)/b14-11-. The molecule has 2 rings (SSSR count). The van der Waals surface area contributed by atoms with E-state index in [1.165, 1.54) is 0 Å². The molecular weight excluding hydrogens is 314 g/mol. The third-order valence-electron chi connectivity index (χ3n) is 3.84. The number of hydrogen-bond acceptors (Lipinski definition) is 4. The fourth-order valence-electron chi connectivity index (χ4n) is 2.75. The molecule has 7 heteroatoms. The maximum atomic E-state index is 13.6. The predicted molar refractivity (Wildman–Crippen MR) is 89.2 cm³/mol.